The SMILES string of the molecule is O=C(/C=C/c1cccc(-c2cc3ccccc3s2)n1)N1CCCCC1. The van der Waals surface area contributed by atoms with Gasteiger partial charge in [-0.3, -0.25) is 4.79 Å². The van der Waals surface area contributed by atoms with Crippen molar-refractivity contribution in [3.05, 3.63) is 60.3 Å². The van der Waals surface area contributed by atoms with Gasteiger partial charge in [0.2, 0.25) is 5.91 Å². The van der Waals surface area contributed by atoms with Gasteiger partial charge in [0.05, 0.1) is 16.3 Å². The Labute approximate surface area is 151 Å². The molecular weight excluding hydrogens is 328 g/mol. The molecule has 4 rings (SSSR count). The molecule has 0 N–H and O–H groups in total. The maximum Gasteiger partial charge on any atom is 0.246 e. The van der Waals surface area contributed by atoms with Crippen LogP contribution in [0.25, 0.3) is 26.7 Å². The van der Waals surface area contributed by atoms with Crippen LogP contribution in [0, 0.1) is 0 Å². The molecule has 3 nitrogen and oxygen atoms in total. The van der Waals surface area contributed by atoms with Crippen molar-refractivity contribution in [2.24, 2.45) is 0 Å². The molecule has 1 aromatic carbocycles. The molecule has 0 saturated carbocycles. The van der Waals surface area contributed by atoms with Gasteiger partial charge >= 0.3 is 0 Å². The molecule has 25 heavy (non-hydrogen) atoms. The maximum absolute atomic E-state index is 12.3. The molecule has 0 unspecified atom stereocenters. The number of aromatic nitrogens is 1. The van der Waals surface area contributed by atoms with Crippen molar-refractivity contribution in [1.82, 2.24) is 9.88 Å². The Balaban J connectivity index is 1.54. The summed E-state index contributed by atoms with van der Waals surface area (Å²) in [5.74, 6) is 0.0914. The number of piperidine rings is 1. The number of hydrogen-bond donors (Lipinski definition) is 0. The van der Waals surface area contributed by atoms with Crippen molar-refractivity contribution in [2.75, 3.05) is 13.1 Å². The lowest BCUT2D eigenvalue weighted by Crippen LogP contribution is -2.34. The first-order chi connectivity index (χ1) is 12.3. The Kier molecular flexibility index (Phi) is 4.61. The molecule has 0 spiro atoms. The summed E-state index contributed by atoms with van der Waals surface area (Å²) in [6.07, 6.45) is 6.93. The van der Waals surface area contributed by atoms with Crippen molar-refractivity contribution in [2.45, 2.75) is 19.3 Å². The van der Waals surface area contributed by atoms with E-state index in [4.69, 9.17) is 4.98 Å². The zero-order valence-corrected chi connectivity index (χ0v) is 14.8. The van der Waals surface area contributed by atoms with E-state index in [0.717, 1.165) is 42.2 Å². The summed E-state index contributed by atoms with van der Waals surface area (Å²) in [6.45, 7) is 1.75. The molecule has 0 atom stereocenters. The highest BCUT2D eigenvalue weighted by Gasteiger charge is 2.13. The van der Waals surface area contributed by atoms with Gasteiger partial charge in [0.25, 0.3) is 0 Å². The molecule has 1 aliphatic rings. The highest BCUT2D eigenvalue weighted by molar-refractivity contribution is 7.22. The topological polar surface area (TPSA) is 33.2 Å². The molecule has 0 bridgehead atoms. The number of hydrogen-bond acceptors (Lipinski definition) is 3. The van der Waals surface area contributed by atoms with Crippen LogP contribution < -0.4 is 0 Å². The van der Waals surface area contributed by atoms with Gasteiger partial charge < -0.3 is 4.90 Å². The van der Waals surface area contributed by atoms with E-state index in [-0.39, 0.29) is 5.91 Å². The lowest BCUT2D eigenvalue weighted by Gasteiger charge is -2.25. The highest BCUT2D eigenvalue weighted by Crippen LogP contribution is 2.32. The minimum atomic E-state index is 0.0914. The van der Waals surface area contributed by atoms with Crippen molar-refractivity contribution in [3.63, 3.8) is 0 Å². The Morgan fingerprint density at radius 1 is 1.04 bits per heavy atom. The summed E-state index contributed by atoms with van der Waals surface area (Å²) in [5, 5.41) is 1.24. The Hall–Kier alpha value is -2.46. The first-order valence-electron chi connectivity index (χ1n) is 8.73. The van der Waals surface area contributed by atoms with E-state index in [1.54, 1.807) is 17.4 Å². The van der Waals surface area contributed by atoms with Gasteiger partial charge in [-0.15, -0.1) is 11.3 Å². The van der Waals surface area contributed by atoms with Crippen LogP contribution in [0.1, 0.15) is 25.0 Å². The largest absolute Gasteiger partial charge is 0.339 e. The average Bonchev–Trinajstić information content (AvgIpc) is 3.11. The molecule has 1 aliphatic heterocycles. The fourth-order valence-corrected chi connectivity index (χ4v) is 4.20. The van der Waals surface area contributed by atoms with E-state index in [9.17, 15) is 4.79 Å². The number of thiophene rings is 1. The van der Waals surface area contributed by atoms with Gasteiger partial charge in [-0.2, -0.15) is 0 Å². The van der Waals surface area contributed by atoms with Gasteiger partial charge in [-0.1, -0.05) is 24.3 Å². The summed E-state index contributed by atoms with van der Waals surface area (Å²) in [7, 11) is 0. The third-order valence-electron chi connectivity index (χ3n) is 4.51. The van der Waals surface area contributed by atoms with Gasteiger partial charge in [0.15, 0.2) is 0 Å². The third kappa shape index (κ3) is 3.64. The highest BCUT2D eigenvalue weighted by atomic mass is 32.1. The minimum Gasteiger partial charge on any atom is -0.339 e. The maximum atomic E-state index is 12.3. The monoisotopic (exact) mass is 348 g/mol. The molecule has 2 aromatic heterocycles. The zero-order chi connectivity index (χ0) is 17.1. The van der Waals surface area contributed by atoms with E-state index in [1.807, 2.05) is 29.2 Å². The van der Waals surface area contributed by atoms with E-state index >= 15 is 0 Å². The third-order valence-corrected chi connectivity index (χ3v) is 5.65. The summed E-state index contributed by atoms with van der Waals surface area (Å²) in [5.41, 5.74) is 1.77. The lowest BCUT2D eigenvalue weighted by molar-refractivity contribution is -0.126. The van der Waals surface area contributed by atoms with E-state index in [1.165, 1.54) is 16.5 Å². The predicted octanol–water partition coefficient (Wildman–Crippen LogP) is 4.99. The van der Waals surface area contributed by atoms with Crippen LogP contribution in [0.2, 0.25) is 0 Å². The number of carbonyl (C=O) groups is 1. The Morgan fingerprint density at radius 2 is 1.88 bits per heavy atom. The minimum absolute atomic E-state index is 0.0914. The predicted molar refractivity (Wildman–Crippen MR) is 105 cm³/mol. The van der Waals surface area contributed by atoms with Gasteiger partial charge in [0.1, 0.15) is 0 Å². The number of carbonyl (C=O) groups excluding carboxylic acids is 1. The van der Waals surface area contributed by atoms with Crippen molar-refractivity contribution in [1.29, 1.82) is 0 Å². The second-order valence-electron chi connectivity index (χ2n) is 6.32. The zero-order valence-electron chi connectivity index (χ0n) is 14.0. The standard InChI is InChI=1S/C21H20N2OS/c24-21(23-13-4-1-5-14-23)12-11-17-8-6-9-18(22-17)20-15-16-7-2-3-10-19(16)25-20/h2-3,6-12,15H,1,4-5,13-14H2/b12-11+. The number of fused-ring (bicyclic) bond motifs is 1. The van der Waals surface area contributed by atoms with Crippen LogP contribution in [0.15, 0.2) is 54.6 Å². The number of benzene rings is 1. The molecule has 1 saturated heterocycles. The number of pyridine rings is 1. The van der Waals surface area contributed by atoms with Gasteiger partial charge in [-0.25, -0.2) is 4.98 Å². The van der Waals surface area contributed by atoms with E-state index in [2.05, 4.69) is 30.3 Å². The molecule has 0 aliphatic carbocycles. The van der Waals surface area contributed by atoms with Crippen molar-refractivity contribution in [3.8, 4) is 10.6 Å². The second-order valence-corrected chi connectivity index (χ2v) is 7.40. The van der Waals surface area contributed by atoms with Gasteiger partial charge in [0, 0.05) is 23.9 Å². The quantitative estimate of drug-likeness (QED) is 0.625. The molecule has 1 fully saturated rings. The summed E-state index contributed by atoms with van der Waals surface area (Å²) in [6, 6.07) is 16.5. The van der Waals surface area contributed by atoms with Crippen LogP contribution in [0.5, 0.6) is 0 Å². The second kappa shape index (κ2) is 7.19. The summed E-state index contributed by atoms with van der Waals surface area (Å²) >= 11 is 1.74. The molecule has 1 amide bonds. The number of amides is 1. The molecule has 3 aromatic rings. The van der Waals surface area contributed by atoms with Crippen LogP contribution >= 0.6 is 11.3 Å². The smallest absolute Gasteiger partial charge is 0.246 e. The first kappa shape index (κ1) is 16.0. The molecule has 126 valence electrons. The molecule has 0 radical (unpaired) electrons. The van der Waals surface area contributed by atoms with Crippen LogP contribution in [-0.4, -0.2) is 28.9 Å². The Morgan fingerprint density at radius 3 is 2.72 bits per heavy atom. The van der Waals surface area contributed by atoms with E-state index < -0.39 is 0 Å². The fourth-order valence-electron chi connectivity index (χ4n) is 3.17. The number of likely N-dealkylation sites (tertiary alicyclic amines) is 1. The average molecular weight is 348 g/mol. The van der Waals surface area contributed by atoms with Crippen molar-refractivity contribution < 1.29 is 4.79 Å². The number of rotatable bonds is 3. The summed E-state index contributed by atoms with van der Waals surface area (Å²) < 4.78 is 1.26. The van der Waals surface area contributed by atoms with Crippen LogP contribution in [0.3, 0.4) is 0 Å². The van der Waals surface area contributed by atoms with Crippen molar-refractivity contribution >= 4 is 33.4 Å². The number of nitrogens with zero attached hydrogens (tertiary/aromatic N) is 2. The van der Waals surface area contributed by atoms with Crippen LogP contribution in [-0.2, 0) is 4.79 Å². The molecular formula is C21H20N2OS. The first-order valence-corrected chi connectivity index (χ1v) is 9.54. The summed E-state index contributed by atoms with van der Waals surface area (Å²) in [4.78, 5) is 20.0. The fraction of sp³-hybridized carbons (Fsp3) is 0.238. The van der Waals surface area contributed by atoms with Gasteiger partial charge in [-0.05, 0) is 55.0 Å². The molecule has 3 heterocycles. The van der Waals surface area contributed by atoms with E-state index in [0.29, 0.717) is 0 Å². The van der Waals surface area contributed by atoms with Crippen LogP contribution in [0.4, 0.5) is 0 Å². The Bertz CT molecular complexity index is 889. The lowest BCUT2D eigenvalue weighted by atomic mass is 10.1. The normalized spacial score (nSPS) is 15.1. The molecule has 4 heteroatoms.